The van der Waals surface area contributed by atoms with Gasteiger partial charge in [-0.2, -0.15) is 0 Å². The third-order valence-corrected chi connectivity index (χ3v) is 3.41. The van der Waals surface area contributed by atoms with E-state index in [0.29, 0.717) is 0 Å². The summed E-state index contributed by atoms with van der Waals surface area (Å²) >= 11 is 0. The van der Waals surface area contributed by atoms with Gasteiger partial charge in [0.1, 0.15) is 0 Å². The number of nitrogens with one attached hydrogen (secondary N) is 1. The number of carbonyl (C=O) groups excluding carboxylic acids is 1. The minimum Gasteiger partial charge on any atom is -0.479 e. The molecule has 1 aromatic carbocycles. The lowest BCUT2D eigenvalue weighted by Gasteiger charge is -2.08. The third kappa shape index (κ3) is 4.34. The van der Waals surface area contributed by atoms with Gasteiger partial charge >= 0.3 is 5.97 Å². The first-order chi connectivity index (χ1) is 8.71. The van der Waals surface area contributed by atoms with E-state index in [-0.39, 0.29) is 10.5 Å². The molecule has 0 spiro atoms. The molecule has 0 aromatic heterocycles. The molecule has 0 aliphatic carbocycles. The molecule has 1 atom stereocenters. The van der Waals surface area contributed by atoms with Gasteiger partial charge < -0.3 is 15.5 Å². The molecule has 0 saturated heterocycles. The number of carboxylic acid groups (broad SMARTS) is 1. The number of hydrogen-bond acceptors (Lipinski definition) is 5. The van der Waals surface area contributed by atoms with E-state index >= 15 is 0 Å². The first-order valence-electron chi connectivity index (χ1n) is 5.21. The summed E-state index contributed by atoms with van der Waals surface area (Å²) in [4.78, 5) is 22.0. The van der Waals surface area contributed by atoms with Crippen molar-refractivity contribution in [1.29, 1.82) is 0 Å². The Bertz CT molecular complexity index is 578. The monoisotopic (exact) mass is 287 g/mol. The van der Waals surface area contributed by atoms with Crippen molar-refractivity contribution in [1.82, 2.24) is 5.32 Å². The fourth-order valence-electron chi connectivity index (χ4n) is 1.23. The Hall–Kier alpha value is -1.93. The summed E-state index contributed by atoms with van der Waals surface area (Å²) in [5.41, 5.74) is 0.171. The van der Waals surface area contributed by atoms with E-state index in [1.807, 2.05) is 0 Å². The van der Waals surface area contributed by atoms with Crippen molar-refractivity contribution in [2.24, 2.45) is 0 Å². The summed E-state index contributed by atoms with van der Waals surface area (Å²) in [7, 11) is -3.33. The zero-order chi connectivity index (χ0) is 14.6. The fraction of sp³-hybridized carbons (Fsp3) is 0.273. The number of carboxylic acids is 1. The van der Waals surface area contributed by atoms with Crippen LogP contribution >= 0.6 is 0 Å². The molecule has 0 fully saturated rings. The van der Waals surface area contributed by atoms with Gasteiger partial charge in [-0.05, 0) is 24.3 Å². The highest BCUT2D eigenvalue weighted by molar-refractivity contribution is 7.90. The minimum absolute atomic E-state index is 0.0784. The molecule has 1 amide bonds. The van der Waals surface area contributed by atoms with E-state index in [1.54, 1.807) is 0 Å². The number of amides is 1. The van der Waals surface area contributed by atoms with Crippen LogP contribution in [-0.2, 0) is 14.6 Å². The Balaban J connectivity index is 2.71. The second kappa shape index (κ2) is 5.81. The molecule has 1 aromatic rings. The number of aliphatic hydroxyl groups excluding tert-OH is 1. The maximum atomic E-state index is 11.6. The van der Waals surface area contributed by atoms with Crippen LogP contribution in [0.1, 0.15) is 10.4 Å². The summed E-state index contributed by atoms with van der Waals surface area (Å²) in [5.74, 6) is -2.03. The number of aliphatic carboxylic acids is 1. The van der Waals surface area contributed by atoms with Gasteiger partial charge in [0.25, 0.3) is 5.91 Å². The molecule has 1 unspecified atom stereocenters. The van der Waals surface area contributed by atoms with Crippen LogP contribution < -0.4 is 5.32 Å². The average molecular weight is 287 g/mol. The summed E-state index contributed by atoms with van der Waals surface area (Å²) < 4.78 is 22.4. The van der Waals surface area contributed by atoms with Gasteiger partial charge in [0, 0.05) is 11.8 Å². The van der Waals surface area contributed by atoms with Crippen LogP contribution in [0.4, 0.5) is 0 Å². The first kappa shape index (κ1) is 15.1. The van der Waals surface area contributed by atoms with Crippen molar-refractivity contribution in [2.75, 3.05) is 12.8 Å². The van der Waals surface area contributed by atoms with Crippen molar-refractivity contribution in [3.8, 4) is 0 Å². The van der Waals surface area contributed by atoms with Gasteiger partial charge in [-0.3, -0.25) is 4.79 Å². The fourth-order valence-corrected chi connectivity index (χ4v) is 1.86. The van der Waals surface area contributed by atoms with Crippen molar-refractivity contribution in [2.45, 2.75) is 11.0 Å². The molecule has 1 rings (SSSR count). The zero-order valence-corrected chi connectivity index (χ0v) is 10.8. The number of rotatable bonds is 5. The maximum Gasteiger partial charge on any atom is 0.334 e. The summed E-state index contributed by atoms with van der Waals surface area (Å²) in [6, 6.07) is 5.16. The smallest absolute Gasteiger partial charge is 0.334 e. The largest absolute Gasteiger partial charge is 0.479 e. The van der Waals surface area contributed by atoms with Gasteiger partial charge in [-0.25, -0.2) is 13.2 Å². The van der Waals surface area contributed by atoms with E-state index in [4.69, 9.17) is 10.2 Å². The lowest BCUT2D eigenvalue weighted by molar-refractivity contribution is -0.146. The maximum absolute atomic E-state index is 11.6. The van der Waals surface area contributed by atoms with Crippen LogP contribution in [0, 0.1) is 0 Å². The molecule has 104 valence electrons. The minimum atomic E-state index is -3.33. The Morgan fingerprint density at radius 3 is 2.21 bits per heavy atom. The molecule has 3 N–H and O–H groups in total. The summed E-state index contributed by atoms with van der Waals surface area (Å²) in [6.45, 7) is -0.429. The van der Waals surface area contributed by atoms with Crippen LogP contribution in [0.5, 0.6) is 0 Å². The number of aliphatic hydroxyl groups is 1. The third-order valence-electron chi connectivity index (χ3n) is 2.29. The molecule has 8 heteroatoms. The number of hydrogen-bond donors (Lipinski definition) is 3. The highest BCUT2D eigenvalue weighted by atomic mass is 32.2. The summed E-state index contributed by atoms with van der Waals surface area (Å²) in [5, 5.41) is 19.6. The zero-order valence-electron chi connectivity index (χ0n) is 10.0. The van der Waals surface area contributed by atoms with Crippen LogP contribution in [-0.4, -0.2) is 49.4 Å². The first-order valence-corrected chi connectivity index (χ1v) is 7.10. The molecule has 0 heterocycles. The van der Waals surface area contributed by atoms with E-state index in [0.717, 1.165) is 6.26 Å². The van der Waals surface area contributed by atoms with Crippen molar-refractivity contribution in [3.63, 3.8) is 0 Å². The van der Waals surface area contributed by atoms with E-state index in [9.17, 15) is 18.0 Å². The lowest BCUT2D eigenvalue weighted by atomic mass is 10.2. The predicted octanol–water partition coefficient (Wildman–Crippen LogP) is -0.735. The van der Waals surface area contributed by atoms with Gasteiger partial charge in [0.2, 0.25) is 0 Å². The van der Waals surface area contributed by atoms with E-state index in [1.165, 1.54) is 24.3 Å². The Morgan fingerprint density at radius 1 is 1.26 bits per heavy atom. The van der Waals surface area contributed by atoms with Crippen molar-refractivity contribution in [3.05, 3.63) is 29.8 Å². The highest BCUT2D eigenvalue weighted by Gasteiger charge is 2.15. The molecule has 0 bridgehead atoms. The van der Waals surface area contributed by atoms with E-state index < -0.39 is 34.4 Å². The number of carbonyl (C=O) groups is 2. The molecule has 0 aliphatic heterocycles. The molecular weight excluding hydrogens is 274 g/mol. The average Bonchev–Trinajstić information content (AvgIpc) is 2.34. The summed E-state index contributed by atoms with van der Waals surface area (Å²) in [6.07, 6.45) is -0.634. The second-order valence-electron chi connectivity index (χ2n) is 3.86. The SMILES string of the molecule is CS(=O)(=O)c1ccc(C(=O)NCC(O)C(=O)O)cc1. The molecule has 0 saturated carbocycles. The second-order valence-corrected chi connectivity index (χ2v) is 5.88. The van der Waals surface area contributed by atoms with Crippen LogP contribution in [0.3, 0.4) is 0 Å². The molecular formula is C11H13NO6S. The lowest BCUT2D eigenvalue weighted by Crippen LogP contribution is -2.36. The quantitative estimate of drug-likeness (QED) is 0.656. The van der Waals surface area contributed by atoms with Crippen molar-refractivity contribution >= 4 is 21.7 Å². The molecule has 19 heavy (non-hydrogen) atoms. The Kier molecular flexibility index (Phi) is 4.62. The molecule has 0 aliphatic rings. The van der Waals surface area contributed by atoms with Crippen LogP contribution in [0.25, 0.3) is 0 Å². The van der Waals surface area contributed by atoms with Gasteiger partial charge in [0.05, 0.1) is 11.4 Å². The normalized spacial score (nSPS) is 12.7. The van der Waals surface area contributed by atoms with Crippen LogP contribution in [0.2, 0.25) is 0 Å². The standard InChI is InChI=1S/C11H13NO6S/c1-19(17,18)8-4-2-7(3-5-8)10(14)12-6-9(13)11(15)16/h2-5,9,13H,6H2,1H3,(H,12,14)(H,15,16). The highest BCUT2D eigenvalue weighted by Crippen LogP contribution is 2.10. The van der Waals surface area contributed by atoms with Crippen LogP contribution in [0.15, 0.2) is 29.2 Å². The molecule has 7 nitrogen and oxygen atoms in total. The van der Waals surface area contributed by atoms with Gasteiger partial charge in [-0.15, -0.1) is 0 Å². The number of benzene rings is 1. The van der Waals surface area contributed by atoms with Gasteiger partial charge in [-0.1, -0.05) is 0 Å². The molecule has 0 radical (unpaired) electrons. The Labute approximate surface area is 109 Å². The van der Waals surface area contributed by atoms with Gasteiger partial charge in [0.15, 0.2) is 15.9 Å². The van der Waals surface area contributed by atoms with E-state index in [2.05, 4.69) is 5.32 Å². The number of sulfone groups is 1. The van der Waals surface area contributed by atoms with Crippen molar-refractivity contribution < 1.29 is 28.2 Å². The predicted molar refractivity (Wildman–Crippen MR) is 65.5 cm³/mol. The topological polar surface area (TPSA) is 121 Å². The Morgan fingerprint density at radius 2 is 1.79 bits per heavy atom.